The highest BCUT2D eigenvalue weighted by atomic mass is 19.1. The molecule has 0 aliphatic rings. The first-order valence-corrected chi connectivity index (χ1v) is 7.05. The third kappa shape index (κ3) is 3.11. The lowest BCUT2D eigenvalue weighted by Crippen LogP contribution is -2.09. The van der Waals surface area contributed by atoms with Gasteiger partial charge in [0.2, 0.25) is 0 Å². The van der Waals surface area contributed by atoms with Crippen LogP contribution in [0.25, 0.3) is 5.69 Å². The Kier molecular flexibility index (Phi) is 4.14. The molecular weight excluding hydrogens is 297 g/mol. The molecule has 2 aromatic carbocycles. The van der Waals surface area contributed by atoms with E-state index in [9.17, 15) is 9.18 Å². The number of aromatic nitrogens is 3. The van der Waals surface area contributed by atoms with Crippen molar-refractivity contribution in [2.24, 2.45) is 0 Å². The van der Waals surface area contributed by atoms with Gasteiger partial charge in [0.1, 0.15) is 12.4 Å². The van der Waals surface area contributed by atoms with Crippen molar-refractivity contribution in [3.8, 4) is 5.69 Å². The minimum atomic E-state index is -0.632. The van der Waals surface area contributed by atoms with Gasteiger partial charge in [-0.3, -0.25) is 0 Å². The van der Waals surface area contributed by atoms with Crippen LogP contribution in [0.1, 0.15) is 21.7 Å². The van der Waals surface area contributed by atoms with Crippen LogP contribution < -0.4 is 0 Å². The summed E-state index contributed by atoms with van der Waals surface area (Å²) in [5, 5.41) is 7.84. The lowest BCUT2D eigenvalue weighted by molar-refractivity contribution is 0.0461. The van der Waals surface area contributed by atoms with Crippen LogP contribution in [0, 0.1) is 12.7 Å². The first kappa shape index (κ1) is 14.9. The standard InChI is InChI=1S/C17H14FN3O2/c1-12-16(19-20-21(12)14-8-3-2-4-9-14)17(22)23-11-13-7-5-6-10-15(13)18/h2-10H,11H2,1H3. The molecule has 3 aromatic rings. The number of carbonyl (C=O) groups is 1. The molecule has 0 spiro atoms. The number of benzene rings is 2. The summed E-state index contributed by atoms with van der Waals surface area (Å²) in [6.07, 6.45) is 0. The Labute approximate surface area is 132 Å². The van der Waals surface area contributed by atoms with Crippen molar-refractivity contribution in [1.29, 1.82) is 0 Å². The number of esters is 1. The molecule has 0 aliphatic carbocycles. The van der Waals surface area contributed by atoms with Crippen LogP contribution in [0.2, 0.25) is 0 Å². The van der Waals surface area contributed by atoms with Crippen LogP contribution in [0.5, 0.6) is 0 Å². The zero-order valence-electron chi connectivity index (χ0n) is 12.4. The zero-order valence-corrected chi connectivity index (χ0v) is 12.4. The molecule has 1 heterocycles. The second kappa shape index (κ2) is 6.39. The zero-order chi connectivity index (χ0) is 16.2. The molecule has 6 heteroatoms. The number of halogens is 1. The maximum Gasteiger partial charge on any atom is 0.361 e. The highest BCUT2D eigenvalue weighted by molar-refractivity contribution is 5.88. The number of para-hydroxylation sites is 1. The van der Waals surface area contributed by atoms with Gasteiger partial charge in [-0.15, -0.1) is 5.10 Å². The summed E-state index contributed by atoms with van der Waals surface area (Å²) in [4.78, 5) is 12.1. The second-order valence-corrected chi connectivity index (χ2v) is 4.94. The maximum absolute atomic E-state index is 13.5. The van der Waals surface area contributed by atoms with Gasteiger partial charge in [0.15, 0.2) is 5.69 Å². The van der Waals surface area contributed by atoms with Gasteiger partial charge < -0.3 is 4.74 Å². The van der Waals surface area contributed by atoms with E-state index in [1.165, 1.54) is 6.07 Å². The highest BCUT2D eigenvalue weighted by Gasteiger charge is 2.19. The van der Waals surface area contributed by atoms with E-state index in [1.807, 2.05) is 30.3 Å². The third-order valence-corrected chi connectivity index (χ3v) is 3.41. The van der Waals surface area contributed by atoms with Crippen LogP contribution in [0.3, 0.4) is 0 Å². The van der Waals surface area contributed by atoms with Crippen molar-refractivity contribution in [3.63, 3.8) is 0 Å². The summed E-state index contributed by atoms with van der Waals surface area (Å²) in [5.41, 5.74) is 1.79. The molecule has 5 nitrogen and oxygen atoms in total. The number of hydrogen-bond donors (Lipinski definition) is 0. The first-order chi connectivity index (χ1) is 11.2. The van der Waals surface area contributed by atoms with Gasteiger partial charge in [0.05, 0.1) is 11.4 Å². The fraction of sp³-hybridized carbons (Fsp3) is 0.118. The molecule has 0 atom stereocenters. The molecule has 0 aliphatic heterocycles. The highest BCUT2D eigenvalue weighted by Crippen LogP contribution is 2.14. The smallest absolute Gasteiger partial charge is 0.361 e. The van der Waals surface area contributed by atoms with E-state index < -0.39 is 11.8 Å². The maximum atomic E-state index is 13.5. The molecule has 0 radical (unpaired) electrons. The average molecular weight is 311 g/mol. The molecule has 0 bridgehead atoms. The Morgan fingerprint density at radius 1 is 1.13 bits per heavy atom. The fourth-order valence-electron chi connectivity index (χ4n) is 2.16. The van der Waals surface area contributed by atoms with Crippen LogP contribution in [0.4, 0.5) is 4.39 Å². The average Bonchev–Trinajstić information content (AvgIpc) is 2.96. The molecule has 0 fully saturated rings. The van der Waals surface area contributed by atoms with Gasteiger partial charge in [-0.25, -0.2) is 13.9 Å². The minimum Gasteiger partial charge on any atom is -0.456 e. The number of ether oxygens (including phenoxy) is 1. The second-order valence-electron chi connectivity index (χ2n) is 4.94. The van der Waals surface area contributed by atoms with E-state index in [0.29, 0.717) is 11.3 Å². The SMILES string of the molecule is Cc1c(C(=O)OCc2ccccc2F)nnn1-c1ccccc1. The lowest BCUT2D eigenvalue weighted by Gasteiger charge is -2.05. The van der Waals surface area contributed by atoms with Gasteiger partial charge in [-0.05, 0) is 25.1 Å². The quantitative estimate of drug-likeness (QED) is 0.695. The predicted molar refractivity (Wildman–Crippen MR) is 81.6 cm³/mol. The Morgan fingerprint density at radius 2 is 1.83 bits per heavy atom. The predicted octanol–water partition coefficient (Wildman–Crippen LogP) is 3.07. The Balaban J connectivity index is 1.76. The van der Waals surface area contributed by atoms with Crippen LogP contribution in [0.15, 0.2) is 54.6 Å². The van der Waals surface area contributed by atoms with Crippen LogP contribution in [-0.4, -0.2) is 21.0 Å². The van der Waals surface area contributed by atoms with E-state index >= 15 is 0 Å². The van der Waals surface area contributed by atoms with Gasteiger partial charge in [-0.2, -0.15) is 0 Å². The molecule has 0 amide bonds. The molecular formula is C17H14FN3O2. The summed E-state index contributed by atoms with van der Waals surface area (Å²) >= 11 is 0. The summed E-state index contributed by atoms with van der Waals surface area (Å²) in [6, 6.07) is 15.5. The van der Waals surface area contributed by atoms with E-state index in [1.54, 1.807) is 29.8 Å². The monoisotopic (exact) mass is 311 g/mol. The summed E-state index contributed by atoms with van der Waals surface area (Å²) in [7, 11) is 0. The van der Waals surface area contributed by atoms with Gasteiger partial charge in [0, 0.05) is 5.56 Å². The molecule has 0 saturated heterocycles. The first-order valence-electron chi connectivity index (χ1n) is 7.05. The summed E-state index contributed by atoms with van der Waals surface area (Å²) in [6.45, 7) is 1.58. The molecule has 0 saturated carbocycles. The summed E-state index contributed by atoms with van der Waals surface area (Å²) in [5.74, 6) is -1.04. The van der Waals surface area contributed by atoms with Crippen LogP contribution >= 0.6 is 0 Å². The van der Waals surface area contributed by atoms with Gasteiger partial charge in [0.25, 0.3) is 0 Å². The molecule has 1 aromatic heterocycles. The Morgan fingerprint density at radius 3 is 2.57 bits per heavy atom. The number of hydrogen-bond acceptors (Lipinski definition) is 4. The number of carbonyl (C=O) groups excluding carboxylic acids is 1. The van der Waals surface area contributed by atoms with Crippen molar-refractivity contribution in [1.82, 2.24) is 15.0 Å². The Bertz CT molecular complexity index is 831. The van der Waals surface area contributed by atoms with E-state index in [0.717, 1.165) is 5.69 Å². The molecule has 0 unspecified atom stereocenters. The van der Waals surface area contributed by atoms with Crippen molar-refractivity contribution in [3.05, 3.63) is 77.4 Å². The van der Waals surface area contributed by atoms with E-state index in [4.69, 9.17) is 4.74 Å². The fourth-order valence-corrected chi connectivity index (χ4v) is 2.16. The number of rotatable bonds is 4. The van der Waals surface area contributed by atoms with Gasteiger partial charge >= 0.3 is 5.97 Å². The topological polar surface area (TPSA) is 57.0 Å². The van der Waals surface area contributed by atoms with Crippen molar-refractivity contribution >= 4 is 5.97 Å². The van der Waals surface area contributed by atoms with Crippen molar-refractivity contribution in [2.45, 2.75) is 13.5 Å². The largest absolute Gasteiger partial charge is 0.456 e. The van der Waals surface area contributed by atoms with E-state index in [-0.39, 0.29) is 12.3 Å². The minimum absolute atomic E-state index is 0.116. The van der Waals surface area contributed by atoms with Crippen molar-refractivity contribution in [2.75, 3.05) is 0 Å². The lowest BCUT2D eigenvalue weighted by atomic mass is 10.2. The Hall–Kier alpha value is -3.02. The molecule has 3 rings (SSSR count). The molecule has 23 heavy (non-hydrogen) atoms. The normalized spacial score (nSPS) is 10.5. The van der Waals surface area contributed by atoms with Crippen molar-refractivity contribution < 1.29 is 13.9 Å². The molecule has 0 N–H and O–H groups in total. The summed E-state index contributed by atoms with van der Waals surface area (Å²) < 4.78 is 20.2. The third-order valence-electron chi connectivity index (χ3n) is 3.41. The van der Waals surface area contributed by atoms with Gasteiger partial charge in [-0.1, -0.05) is 41.6 Å². The van der Waals surface area contributed by atoms with E-state index in [2.05, 4.69) is 10.3 Å². The number of nitrogens with zero attached hydrogens (tertiary/aromatic N) is 3. The van der Waals surface area contributed by atoms with Crippen LogP contribution in [-0.2, 0) is 11.3 Å². The molecule has 116 valence electrons.